The van der Waals surface area contributed by atoms with Crippen LogP contribution in [0.3, 0.4) is 0 Å². The first kappa shape index (κ1) is 20.1. The molecule has 5 nitrogen and oxygen atoms in total. The highest BCUT2D eigenvalue weighted by atomic mass is 16.5. The first-order chi connectivity index (χ1) is 13.5. The summed E-state index contributed by atoms with van der Waals surface area (Å²) >= 11 is 0. The zero-order valence-electron chi connectivity index (χ0n) is 17.0. The molecule has 2 aromatic rings. The first-order valence-electron chi connectivity index (χ1n) is 9.87. The van der Waals surface area contributed by atoms with Gasteiger partial charge in [0.1, 0.15) is 5.75 Å². The molecule has 1 amide bonds. The van der Waals surface area contributed by atoms with Gasteiger partial charge in [0.2, 0.25) is 0 Å². The molecule has 1 fully saturated rings. The molecule has 1 aliphatic rings. The van der Waals surface area contributed by atoms with Crippen molar-refractivity contribution >= 4 is 18.1 Å². The lowest BCUT2D eigenvalue weighted by Crippen LogP contribution is -2.55. The van der Waals surface area contributed by atoms with Gasteiger partial charge in [-0.2, -0.15) is 0 Å². The Morgan fingerprint density at radius 2 is 1.57 bits per heavy atom. The van der Waals surface area contributed by atoms with Gasteiger partial charge in [-0.05, 0) is 55.8 Å². The Kier molecular flexibility index (Phi) is 6.47. The first-order valence-corrected chi connectivity index (χ1v) is 9.87. The molecule has 0 atom stereocenters. The molecule has 1 aliphatic heterocycles. The predicted molar refractivity (Wildman–Crippen MR) is 113 cm³/mol. The molecular formula is C23H29N3O2. The third kappa shape index (κ3) is 5.20. The largest absolute Gasteiger partial charge is 0.478 e. The van der Waals surface area contributed by atoms with Crippen molar-refractivity contribution in [3.63, 3.8) is 0 Å². The third-order valence-electron chi connectivity index (χ3n) is 5.05. The zero-order chi connectivity index (χ0) is 20.0. The molecule has 0 aliphatic carbocycles. The van der Waals surface area contributed by atoms with Crippen molar-refractivity contribution < 1.29 is 9.53 Å². The van der Waals surface area contributed by atoms with E-state index in [0.29, 0.717) is 5.75 Å². The van der Waals surface area contributed by atoms with E-state index in [4.69, 9.17) is 4.74 Å². The lowest BCUT2D eigenvalue weighted by atomic mass is 10.1. The van der Waals surface area contributed by atoms with Gasteiger partial charge in [-0.25, -0.2) is 0 Å². The van der Waals surface area contributed by atoms with Crippen molar-refractivity contribution in [1.82, 2.24) is 14.8 Å². The van der Waals surface area contributed by atoms with Crippen LogP contribution in [-0.2, 0) is 4.79 Å². The molecule has 1 saturated heterocycles. The van der Waals surface area contributed by atoms with Crippen LogP contribution in [0.15, 0.2) is 48.8 Å². The van der Waals surface area contributed by atoms with E-state index < -0.39 is 5.60 Å². The van der Waals surface area contributed by atoms with Crippen LogP contribution in [0, 0.1) is 0 Å². The average molecular weight is 380 g/mol. The van der Waals surface area contributed by atoms with Crippen molar-refractivity contribution in [1.29, 1.82) is 0 Å². The standard InChI is InChI=1S/C23H29N3O2/c1-4-25-15-17-26(18-16-25)22(27)23(2,3)28-21-9-7-19(8-10-21)5-6-20-11-13-24-14-12-20/h5-14H,4,15-18H2,1-3H3/b6-5+. The van der Waals surface area contributed by atoms with Gasteiger partial charge in [-0.3, -0.25) is 9.78 Å². The molecule has 0 spiro atoms. The average Bonchev–Trinajstić information content (AvgIpc) is 2.73. The number of hydrogen-bond donors (Lipinski definition) is 0. The number of carbonyl (C=O) groups is 1. The van der Waals surface area contributed by atoms with Crippen LogP contribution in [0.1, 0.15) is 31.9 Å². The summed E-state index contributed by atoms with van der Waals surface area (Å²) in [5, 5.41) is 0. The Hall–Kier alpha value is -2.66. The fraction of sp³-hybridized carbons (Fsp3) is 0.391. The molecule has 1 aromatic carbocycles. The van der Waals surface area contributed by atoms with Gasteiger partial charge in [-0.1, -0.05) is 31.2 Å². The molecule has 148 valence electrons. The quantitative estimate of drug-likeness (QED) is 0.770. The van der Waals surface area contributed by atoms with E-state index in [1.165, 1.54) is 0 Å². The fourth-order valence-corrected chi connectivity index (χ4v) is 3.30. The number of ether oxygens (including phenoxy) is 1. The Labute approximate surface area is 167 Å². The molecule has 1 aromatic heterocycles. The summed E-state index contributed by atoms with van der Waals surface area (Å²) in [5.41, 5.74) is 1.29. The summed E-state index contributed by atoms with van der Waals surface area (Å²) in [6.07, 6.45) is 7.64. The van der Waals surface area contributed by atoms with Crippen molar-refractivity contribution in [3.05, 3.63) is 59.9 Å². The Morgan fingerprint density at radius 3 is 2.14 bits per heavy atom. The third-order valence-corrected chi connectivity index (χ3v) is 5.05. The molecule has 0 saturated carbocycles. The van der Waals surface area contributed by atoms with Gasteiger partial charge >= 0.3 is 0 Å². The minimum absolute atomic E-state index is 0.0462. The summed E-state index contributed by atoms with van der Waals surface area (Å²) in [6.45, 7) is 10.3. The number of pyridine rings is 1. The van der Waals surface area contributed by atoms with Crippen molar-refractivity contribution in [3.8, 4) is 5.75 Å². The van der Waals surface area contributed by atoms with Crippen LogP contribution in [0.5, 0.6) is 5.75 Å². The summed E-state index contributed by atoms with van der Waals surface area (Å²) in [4.78, 5) is 21.2. The Morgan fingerprint density at radius 1 is 1.00 bits per heavy atom. The van der Waals surface area contributed by atoms with Crippen LogP contribution in [0.25, 0.3) is 12.2 Å². The number of piperazine rings is 1. The van der Waals surface area contributed by atoms with E-state index in [1.807, 2.05) is 67.3 Å². The van der Waals surface area contributed by atoms with Crippen LogP contribution >= 0.6 is 0 Å². The smallest absolute Gasteiger partial charge is 0.266 e. The van der Waals surface area contributed by atoms with Crippen LogP contribution < -0.4 is 4.74 Å². The number of likely N-dealkylation sites (N-methyl/N-ethyl adjacent to an activating group) is 1. The molecule has 5 heteroatoms. The summed E-state index contributed by atoms with van der Waals surface area (Å²) in [7, 11) is 0. The van der Waals surface area contributed by atoms with Gasteiger partial charge < -0.3 is 14.5 Å². The number of rotatable bonds is 6. The second kappa shape index (κ2) is 9.02. The lowest BCUT2D eigenvalue weighted by Gasteiger charge is -2.38. The SMILES string of the molecule is CCN1CCN(C(=O)C(C)(C)Oc2ccc(/C=C/c3ccncc3)cc2)CC1. The van der Waals surface area contributed by atoms with Gasteiger partial charge in [-0.15, -0.1) is 0 Å². The summed E-state index contributed by atoms with van der Waals surface area (Å²) in [5.74, 6) is 0.747. The van der Waals surface area contributed by atoms with Crippen molar-refractivity contribution in [2.75, 3.05) is 32.7 Å². The monoisotopic (exact) mass is 379 g/mol. The van der Waals surface area contributed by atoms with E-state index in [-0.39, 0.29) is 5.91 Å². The maximum atomic E-state index is 12.9. The molecule has 0 N–H and O–H groups in total. The number of aromatic nitrogens is 1. The second-order valence-corrected chi connectivity index (χ2v) is 7.52. The second-order valence-electron chi connectivity index (χ2n) is 7.52. The minimum Gasteiger partial charge on any atom is -0.478 e. The highest BCUT2D eigenvalue weighted by molar-refractivity contribution is 5.85. The van der Waals surface area contributed by atoms with Gasteiger partial charge in [0.15, 0.2) is 5.60 Å². The topological polar surface area (TPSA) is 45.7 Å². The number of benzene rings is 1. The molecule has 28 heavy (non-hydrogen) atoms. The highest BCUT2D eigenvalue weighted by Gasteiger charge is 2.35. The van der Waals surface area contributed by atoms with E-state index in [0.717, 1.165) is 43.9 Å². The van der Waals surface area contributed by atoms with Gasteiger partial charge in [0.25, 0.3) is 5.91 Å². The number of carbonyl (C=O) groups excluding carboxylic acids is 1. The Balaban J connectivity index is 1.59. The number of nitrogens with zero attached hydrogens (tertiary/aromatic N) is 3. The molecule has 0 bridgehead atoms. The maximum absolute atomic E-state index is 12.9. The molecule has 0 radical (unpaired) electrons. The number of amides is 1. The van der Waals surface area contributed by atoms with E-state index in [1.54, 1.807) is 12.4 Å². The molecule has 0 unspecified atom stereocenters. The predicted octanol–water partition coefficient (Wildman–Crippen LogP) is 3.57. The van der Waals surface area contributed by atoms with Gasteiger partial charge in [0.05, 0.1) is 0 Å². The normalized spacial score (nSPS) is 15.8. The van der Waals surface area contributed by atoms with E-state index >= 15 is 0 Å². The number of hydrogen-bond acceptors (Lipinski definition) is 4. The molecule has 3 rings (SSSR count). The maximum Gasteiger partial charge on any atom is 0.266 e. The van der Waals surface area contributed by atoms with Crippen molar-refractivity contribution in [2.45, 2.75) is 26.4 Å². The lowest BCUT2D eigenvalue weighted by molar-refractivity contribution is -0.147. The summed E-state index contributed by atoms with van der Waals surface area (Å²) < 4.78 is 6.05. The summed E-state index contributed by atoms with van der Waals surface area (Å²) in [6, 6.07) is 11.7. The van der Waals surface area contributed by atoms with E-state index in [2.05, 4.69) is 16.8 Å². The van der Waals surface area contributed by atoms with Gasteiger partial charge in [0, 0.05) is 38.6 Å². The fourth-order valence-electron chi connectivity index (χ4n) is 3.30. The highest BCUT2D eigenvalue weighted by Crippen LogP contribution is 2.22. The Bertz CT molecular complexity index is 792. The minimum atomic E-state index is -0.886. The van der Waals surface area contributed by atoms with Crippen LogP contribution in [-0.4, -0.2) is 59.0 Å². The zero-order valence-corrected chi connectivity index (χ0v) is 17.0. The molecule has 2 heterocycles. The van der Waals surface area contributed by atoms with Crippen LogP contribution in [0.2, 0.25) is 0 Å². The molecular weight excluding hydrogens is 350 g/mol. The van der Waals surface area contributed by atoms with E-state index in [9.17, 15) is 4.79 Å². The van der Waals surface area contributed by atoms with Crippen molar-refractivity contribution in [2.24, 2.45) is 0 Å². The van der Waals surface area contributed by atoms with Crippen LogP contribution in [0.4, 0.5) is 0 Å².